The number of thiazole rings is 1. The number of primary amides is 2. The molecule has 0 bridgehead atoms. The summed E-state index contributed by atoms with van der Waals surface area (Å²) in [5, 5.41) is 23.6. The molecule has 12 N–H and O–H groups in total. The summed E-state index contributed by atoms with van der Waals surface area (Å²) in [6, 6.07) is 10.6. The van der Waals surface area contributed by atoms with Gasteiger partial charge in [-0.3, -0.25) is 39.6 Å². The lowest BCUT2D eigenvalue weighted by atomic mass is 9.81. The summed E-state index contributed by atoms with van der Waals surface area (Å²) in [6.45, 7) is 7.35. The van der Waals surface area contributed by atoms with Crippen LogP contribution < -0.4 is 38.5 Å². The smallest absolute Gasteiger partial charge is 0.411 e. The second-order valence-corrected chi connectivity index (χ2v) is 19.2. The van der Waals surface area contributed by atoms with E-state index in [2.05, 4.69) is 4.90 Å². The van der Waals surface area contributed by atoms with Crippen LogP contribution >= 0.6 is 11.3 Å². The third-order valence-electron chi connectivity index (χ3n) is 14.1. The van der Waals surface area contributed by atoms with Gasteiger partial charge in [0.25, 0.3) is 11.8 Å². The maximum Gasteiger partial charge on any atom is 0.411 e. The molecular weight excluding hydrogens is 841 g/mol. The van der Waals surface area contributed by atoms with Crippen molar-refractivity contribution < 1.29 is 39.0 Å². The van der Waals surface area contributed by atoms with Crippen molar-refractivity contribution in [2.75, 3.05) is 29.5 Å². The second kappa shape index (κ2) is 18.0. The lowest BCUT2D eigenvalue weighted by molar-refractivity contribution is -0.150. The van der Waals surface area contributed by atoms with E-state index in [4.69, 9.17) is 27.9 Å². The van der Waals surface area contributed by atoms with Gasteiger partial charge in [-0.25, -0.2) is 14.6 Å². The number of aromatic nitrogens is 1. The number of carbonyl (C=O) groups excluding carboxylic acids is 4. The molecule has 1 aliphatic carbocycles. The zero-order chi connectivity index (χ0) is 46.4. The zero-order valence-corrected chi connectivity index (χ0v) is 37.6. The summed E-state index contributed by atoms with van der Waals surface area (Å²) in [7, 11) is 0. The Morgan fingerprint density at radius 2 is 1.11 bits per heavy atom. The third kappa shape index (κ3) is 7.80. The van der Waals surface area contributed by atoms with E-state index in [9.17, 15) is 39.0 Å². The highest BCUT2D eigenvalue weighted by atomic mass is 32.1. The highest BCUT2D eigenvalue weighted by molar-refractivity contribution is 7.15. The fraction of sp³-hybridized carbons (Fsp3) is 0.533. The molecule has 344 valence electrons. The molecule has 19 heteroatoms. The van der Waals surface area contributed by atoms with Crippen molar-refractivity contribution in [3.63, 3.8) is 0 Å². The van der Waals surface area contributed by atoms with E-state index < -0.39 is 70.8 Å². The van der Waals surface area contributed by atoms with E-state index >= 15 is 0 Å². The zero-order valence-electron chi connectivity index (χ0n) is 36.8. The predicted molar refractivity (Wildman–Crippen MR) is 241 cm³/mol. The standard InChI is InChI=1S/C45H60N10O8S/c1-23(2)44(37(48)56,39(58)51-42(60)61)53-19-7-10-34(53)27-15-13-25(21-29(27)46)32-17-18-33(55(32)41-50-31-9-5-6-12-36(31)64-41)26-14-16-28(30(47)22-26)35-11-8-20-54(35)45(24(3)4,38(49)57)40(59)52-43(62)63/h13-16,21-24,32-35H,5-12,17-20,46-47H2,1-4H3,(H2,48,56)(H2,49,57)(H,51,58)(H,52,59)(H,60,61)(H,62,63)/t32-,33-,34?,35?,44+,45+/m1/s1. The number of carbonyl (C=O) groups is 6. The Morgan fingerprint density at radius 3 is 1.48 bits per heavy atom. The van der Waals surface area contributed by atoms with E-state index in [1.54, 1.807) is 48.8 Å². The first-order valence-electron chi connectivity index (χ1n) is 22.1. The lowest BCUT2D eigenvalue weighted by Gasteiger charge is -2.44. The quantitative estimate of drug-likeness (QED) is 0.0837. The van der Waals surface area contributed by atoms with Gasteiger partial charge in [-0.15, -0.1) is 11.3 Å². The van der Waals surface area contributed by atoms with E-state index in [0.717, 1.165) is 60.5 Å². The largest absolute Gasteiger partial charge is 0.465 e. The maximum absolute atomic E-state index is 13.6. The van der Waals surface area contributed by atoms with Crippen LogP contribution in [0.15, 0.2) is 36.4 Å². The lowest BCUT2D eigenvalue weighted by Crippen LogP contribution is -2.68. The van der Waals surface area contributed by atoms with Crippen molar-refractivity contribution in [1.82, 2.24) is 25.4 Å². The number of aryl methyl sites for hydroxylation is 2. The van der Waals surface area contributed by atoms with E-state index in [1.165, 1.54) is 4.88 Å². The first-order chi connectivity index (χ1) is 30.3. The van der Waals surface area contributed by atoms with Crippen LogP contribution in [-0.2, 0) is 32.0 Å². The van der Waals surface area contributed by atoms with Crippen molar-refractivity contribution in [2.45, 2.75) is 127 Å². The van der Waals surface area contributed by atoms with Gasteiger partial charge < -0.3 is 38.0 Å². The van der Waals surface area contributed by atoms with E-state index in [1.807, 2.05) is 47.0 Å². The van der Waals surface area contributed by atoms with Crippen molar-refractivity contribution in [1.29, 1.82) is 0 Å². The fourth-order valence-electron chi connectivity index (χ4n) is 11.3. The van der Waals surface area contributed by atoms with Crippen LogP contribution in [0.2, 0.25) is 0 Å². The van der Waals surface area contributed by atoms with Crippen LogP contribution in [-0.4, -0.2) is 85.0 Å². The number of hydrogen-bond acceptors (Lipinski definition) is 13. The number of fused-ring (bicyclic) bond motifs is 1. The van der Waals surface area contributed by atoms with E-state index in [0.29, 0.717) is 61.3 Å². The van der Waals surface area contributed by atoms with Gasteiger partial charge in [0.05, 0.1) is 17.8 Å². The molecule has 6 amide bonds. The number of hydrogen-bond donors (Lipinski definition) is 8. The van der Waals surface area contributed by atoms with Gasteiger partial charge in [-0.05, 0) is 110 Å². The van der Waals surface area contributed by atoms with Gasteiger partial charge in [0.2, 0.25) is 11.8 Å². The molecule has 0 radical (unpaired) electrons. The van der Waals surface area contributed by atoms with Gasteiger partial charge >= 0.3 is 12.2 Å². The van der Waals surface area contributed by atoms with Crippen LogP contribution in [0.1, 0.15) is 136 Å². The Hall–Kier alpha value is -5.79. The van der Waals surface area contributed by atoms with Crippen molar-refractivity contribution in [3.8, 4) is 0 Å². The summed E-state index contributed by atoms with van der Waals surface area (Å²) in [6.07, 6.45) is 4.82. The van der Waals surface area contributed by atoms with Crippen LogP contribution in [0, 0.1) is 11.8 Å². The molecular formula is C45H60N10O8S. The van der Waals surface area contributed by atoms with Gasteiger partial charge in [-0.1, -0.05) is 52.0 Å². The Kier molecular flexibility index (Phi) is 13.0. The number of rotatable bonds is 13. The first-order valence-corrected chi connectivity index (χ1v) is 22.9. The van der Waals surface area contributed by atoms with E-state index in [-0.39, 0.29) is 12.1 Å². The number of likely N-dealkylation sites (tertiary alicyclic amines) is 2. The molecule has 3 aromatic rings. The summed E-state index contributed by atoms with van der Waals surface area (Å²) < 4.78 is 0. The van der Waals surface area contributed by atoms with Crippen LogP contribution in [0.4, 0.5) is 26.1 Å². The number of imide groups is 2. The highest BCUT2D eigenvalue weighted by Gasteiger charge is 2.58. The molecule has 3 fully saturated rings. The monoisotopic (exact) mass is 900 g/mol. The van der Waals surface area contributed by atoms with Crippen LogP contribution in [0.5, 0.6) is 0 Å². The normalized spacial score (nSPS) is 23.4. The SMILES string of the molecule is CC(C)[C@](C(N)=O)(C(=O)NC(=O)O)N1CCCC1c1ccc([C@H]2CC[C@H](c3ccc(C4CCCN4[C@@](C(N)=O)(C(=O)NC(=O)O)C(C)C)c(N)c3)N2c2nc3c(s2)CCCC3)cc1N. The molecule has 6 atom stereocenters. The minimum Gasteiger partial charge on any atom is -0.465 e. The van der Waals surface area contributed by atoms with Crippen molar-refractivity contribution >= 4 is 63.7 Å². The summed E-state index contributed by atoms with van der Waals surface area (Å²) in [4.78, 5) is 89.1. The Labute approximate surface area is 376 Å². The first kappa shape index (κ1) is 46.2. The molecule has 0 saturated carbocycles. The van der Waals surface area contributed by atoms with Crippen molar-refractivity contribution in [3.05, 3.63) is 69.2 Å². The van der Waals surface area contributed by atoms with Crippen LogP contribution in [0.25, 0.3) is 0 Å². The minimum absolute atomic E-state index is 0.142. The number of carboxylic acid groups (broad SMARTS) is 2. The summed E-state index contributed by atoms with van der Waals surface area (Å²) in [5.74, 6) is -5.17. The molecule has 3 saturated heterocycles. The number of nitrogens with zero attached hydrogens (tertiary/aromatic N) is 4. The third-order valence-corrected chi connectivity index (χ3v) is 15.3. The Morgan fingerprint density at radius 1 is 0.672 bits per heavy atom. The molecule has 7 rings (SSSR count). The fourth-order valence-corrected chi connectivity index (χ4v) is 12.6. The van der Waals surface area contributed by atoms with Gasteiger partial charge in [0, 0.05) is 41.4 Å². The summed E-state index contributed by atoms with van der Waals surface area (Å²) in [5.41, 5.74) is 27.3. The highest BCUT2D eigenvalue weighted by Crippen LogP contribution is 2.52. The number of anilines is 3. The summed E-state index contributed by atoms with van der Waals surface area (Å²) >= 11 is 1.71. The number of nitrogen functional groups attached to an aromatic ring is 2. The molecule has 3 aliphatic heterocycles. The molecule has 1 aromatic heterocycles. The molecule has 0 spiro atoms. The number of nitrogens with two attached hydrogens (primary N) is 4. The van der Waals surface area contributed by atoms with Gasteiger partial charge in [-0.2, -0.15) is 0 Å². The second-order valence-electron chi connectivity index (χ2n) is 18.2. The molecule has 64 heavy (non-hydrogen) atoms. The molecule has 4 heterocycles. The average molecular weight is 901 g/mol. The maximum atomic E-state index is 13.6. The van der Waals surface area contributed by atoms with Crippen LogP contribution in [0.3, 0.4) is 0 Å². The number of amides is 6. The predicted octanol–water partition coefficient (Wildman–Crippen LogP) is 4.89. The Balaban J connectivity index is 1.23. The molecule has 18 nitrogen and oxygen atoms in total. The van der Waals surface area contributed by atoms with Gasteiger partial charge in [0.15, 0.2) is 16.2 Å². The van der Waals surface area contributed by atoms with Crippen molar-refractivity contribution in [2.24, 2.45) is 23.3 Å². The average Bonchev–Trinajstić information content (AvgIpc) is 4.04. The minimum atomic E-state index is -1.94. The number of benzene rings is 2. The number of nitrogens with one attached hydrogen (secondary N) is 2. The molecule has 4 aliphatic rings. The molecule has 2 unspecified atom stereocenters. The Bertz CT molecular complexity index is 2200. The molecule has 2 aromatic carbocycles. The topological polar surface area (TPSA) is 294 Å². The van der Waals surface area contributed by atoms with Gasteiger partial charge in [0.1, 0.15) is 0 Å².